The molecular weight excluding hydrogens is 304 g/mol. The summed E-state index contributed by atoms with van der Waals surface area (Å²) in [6.07, 6.45) is 4.95. The summed E-state index contributed by atoms with van der Waals surface area (Å²) >= 11 is 0. The van der Waals surface area contributed by atoms with E-state index in [1.54, 1.807) is 12.0 Å². The topological polar surface area (TPSA) is 58.6 Å². The Morgan fingerprint density at radius 2 is 2.12 bits per heavy atom. The minimum absolute atomic E-state index is 0.0108. The molecule has 1 saturated heterocycles. The van der Waals surface area contributed by atoms with Gasteiger partial charge in [0.05, 0.1) is 7.11 Å². The van der Waals surface area contributed by atoms with Crippen LogP contribution in [0.1, 0.15) is 49.7 Å². The van der Waals surface area contributed by atoms with Crippen LogP contribution in [0.3, 0.4) is 0 Å². The summed E-state index contributed by atoms with van der Waals surface area (Å²) in [6, 6.07) is 5.94. The van der Waals surface area contributed by atoms with E-state index in [2.05, 4.69) is 17.4 Å². The van der Waals surface area contributed by atoms with Gasteiger partial charge in [0.2, 0.25) is 11.8 Å². The standard InChI is InChI=1S/C19H26N2O3/c1-13(22)21-10-4-7-18(21)19(23)20-12-15-6-3-5-14-11-16(24-2)8-9-17(14)15/h8-9,11,15,18H,3-7,10,12H2,1-2H3,(H,20,23)/t15?,18-/m0/s1. The predicted octanol–water partition coefficient (Wildman–Crippen LogP) is 2.24. The molecule has 0 saturated carbocycles. The van der Waals surface area contributed by atoms with E-state index in [4.69, 9.17) is 4.74 Å². The number of carbonyl (C=O) groups excluding carboxylic acids is 2. The molecule has 1 aliphatic carbocycles. The maximum absolute atomic E-state index is 12.5. The monoisotopic (exact) mass is 330 g/mol. The Balaban J connectivity index is 1.63. The highest BCUT2D eigenvalue weighted by Gasteiger charge is 2.32. The third-order valence-electron chi connectivity index (χ3n) is 5.27. The van der Waals surface area contributed by atoms with Crippen molar-refractivity contribution < 1.29 is 14.3 Å². The van der Waals surface area contributed by atoms with E-state index in [-0.39, 0.29) is 17.9 Å². The van der Waals surface area contributed by atoms with Gasteiger partial charge in [-0.05, 0) is 55.4 Å². The summed E-state index contributed by atoms with van der Waals surface area (Å²) in [7, 11) is 1.69. The van der Waals surface area contributed by atoms with Gasteiger partial charge in [0, 0.05) is 25.9 Å². The van der Waals surface area contributed by atoms with Crippen LogP contribution in [0.2, 0.25) is 0 Å². The normalized spacial score (nSPS) is 22.8. The molecule has 1 aromatic carbocycles. The Hall–Kier alpha value is -2.04. The van der Waals surface area contributed by atoms with Crippen LogP contribution in [-0.4, -0.2) is 43.0 Å². The van der Waals surface area contributed by atoms with Gasteiger partial charge >= 0.3 is 0 Å². The van der Waals surface area contributed by atoms with Crippen molar-refractivity contribution in [2.45, 2.75) is 51.0 Å². The Morgan fingerprint density at radius 3 is 2.88 bits per heavy atom. The maximum atomic E-state index is 12.5. The fourth-order valence-corrected chi connectivity index (χ4v) is 3.99. The molecule has 0 aromatic heterocycles. The number of fused-ring (bicyclic) bond motifs is 1. The van der Waals surface area contributed by atoms with Gasteiger partial charge in [-0.2, -0.15) is 0 Å². The second kappa shape index (κ2) is 7.24. The van der Waals surface area contributed by atoms with Gasteiger partial charge in [0.1, 0.15) is 11.8 Å². The molecule has 24 heavy (non-hydrogen) atoms. The van der Waals surface area contributed by atoms with Crippen molar-refractivity contribution in [2.24, 2.45) is 0 Å². The third kappa shape index (κ3) is 3.40. The molecule has 1 heterocycles. The van der Waals surface area contributed by atoms with Crippen LogP contribution in [0.15, 0.2) is 18.2 Å². The molecule has 1 unspecified atom stereocenters. The molecule has 0 radical (unpaired) electrons. The van der Waals surface area contributed by atoms with Crippen molar-refractivity contribution in [1.29, 1.82) is 0 Å². The van der Waals surface area contributed by atoms with Crippen LogP contribution < -0.4 is 10.1 Å². The molecule has 0 bridgehead atoms. The van der Waals surface area contributed by atoms with Crippen molar-refractivity contribution in [3.63, 3.8) is 0 Å². The molecule has 1 aliphatic heterocycles. The van der Waals surface area contributed by atoms with E-state index >= 15 is 0 Å². The lowest BCUT2D eigenvalue weighted by atomic mass is 9.82. The highest BCUT2D eigenvalue weighted by atomic mass is 16.5. The maximum Gasteiger partial charge on any atom is 0.242 e. The Labute approximate surface area is 143 Å². The molecule has 5 heteroatoms. The number of aryl methyl sites for hydroxylation is 1. The first-order chi connectivity index (χ1) is 11.6. The number of ether oxygens (including phenoxy) is 1. The van der Waals surface area contributed by atoms with E-state index in [1.165, 1.54) is 18.1 Å². The number of nitrogens with zero attached hydrogens (tertiary/aromatic N) is 1. The molecule has 3 rings (SSSR count). The highest BCUT2D eigenvalue weighted by Crippen LogP contribution is 2.33. The molecule has 1 fully saturated rings. The quantitative estimate of drug-likeness (QED) is 0.921. The molecule has 2 amide bonds. The first-order valence-electron chi connectivity index (χ1n) is 8.82. The van der Waals surface area contributed by atoms with Crippen LogP contribution in [-0.2, 0) is 16.0 Å². The Bertz CT molecular complexity index is 629. The molecule has 130 valence electrons. The number of likely N-dealkylation sites (tertiary alicyclic amines) is 1. The second-order valence-electron chi connectivity index (χ2n) is 6.77. The number of nitrogens with one attached hydrogen (secondary N) is 1. The highest BCUT2D eigenvalue weighted by molar-refractivity contribution is 5.87. The van der Waals surface area contributed by atoms with E-state index in [1.807, 2.05) is 6.07 Å². The molecule has 2 aliphatic rings. The van der Waals surface area contributed by atoms with Crippen molar-refractivity contribution in [2.75, 3.05) is 20.2 Å². The van der Waals surface area contributed by atoms with Crippen molar-refractivity contribution in [3.8, 4) is 5.75 Å². The molecule has 2 atom stereocenters. The number of rotatable bonds is 4. The molecule has 1 N–H and O–H groups in total. The van der Waals surface area contributed by atoms with E-state index in [0.717, 1.165) is 37.9 Å². The molecular formula is C19H26N2O3. The first kappa shape index (κ1) is 16.8. The number of carbonyl (C=O) groups is 2. The predicted molar refractivity (Wildman–Crippen MR) is 92.1 cm³/mol. The van der Waals surface area contributed by atoms with Gasteiger partial charge in [-0.1, -0.05) is 6.07 Å². The average molecular weight is 330 g/mol. The van der Waals surface area contributed by atoms with Crippen LogP contribution >= 0.6 is 0 Å². The zero-order valence-electron chi connectivity index (χ0n) is 14.5. The Morgan fingerprint density at radius 1 is 1.29 bits per heavy atom. The zero-order valence-corrected chi connectivity index (χ0v) is 14.5. The minimum Gasteiger partial charge on any atom is -0.497 e. The summed E-state index contributed by atoms with van der Waals surface area (Å²) in [6.45, 7) is 2.87. The zero-order chi connectivity index (χ0) is 17.1. The summed E-state index contributed by atoms with van der Waals surface area (Å²) in [5.74, 6) is 1.21. The largest absolute Gasteiger partial charge is 0.497 e. The van der Waals surface area contributed by atoms with E-state index in [0.29, 0.717) is 19.0 Å². The van der Waals surface area contributed by atoms with Gasteiger partial charge in [-0.25, -0.2) is 0 Å². The third-order valence-corrected chi connectivity index (χ3v) is 5.27. The fourth-order valence-electron chi connectivity index (χ4n) is 3.99. The Kier molecular flexibility index (Phi) is 5.07. The van der Waals surface area contributed by atoms with Crippen LogP contribution in [0, 0.1) is 0 Å². The van der Waals surface area contributed by atoms with Gasteiger partial charge in [0.25, 0.3) is 0 Å². The second-order valence-corrected chi connectivity index (χ2v) is 6.77. The van der Waals surface area contributed by atoms with E-state index in [9.17, 15) is 9.59 Å². The lowest BCUT2D eigenvalue weighted by molar-refractivity contribution is -0.136. The van der Waals surface area contributed by atoms with Crippen LogP contribution in [0.5, 0.6) is 5.75 Å². The number of benzene rings is 1. The molecule has 1 aromatic rings. The van der Waals surface area contributed by atoms with Crippen molar-refractivity contribution in [1.82, 2.24) is 10.2 Å². The number of methoxy groups -OCH3 is 1. The van der Waals surface area contributed by atoms with Crippen LogP contribution in [0.25, 0.3) is 0 Å². The fraction of sp³-hybridized carbons (Fsp3) is 0.579. The lowest BCUT2D eigenvalue weighted by Crippen LogP contribution is -2.46. The first-order valence-corrected chi connectivity index (χ1v) is 8.82. The summed E-state index contributed by atoms with van der Waals surface area (Å²) in [5, 5.41) is 3.08. The van der Waals surface area contributed by atoms with Crippen molar-refractivity contribution in [3.05, 3.63) is 29.3 Å². The number of hydrogen-bond donors (Lipinski definition) is 1. The van der Waals surface area contributed by atoms with Gasteiger partial charge < -0.3 is 15.0 Å². The smallest absolute Gasteiger partial charge is 0.242 e. The molecule has 0 spiro atoms. The summed E-state index contributed by atoms with van der Waals surface area (Å²) in [4.78, 5) is 25.8. The van der Waals surface area contributed by atoms with Gasteiger partial charge in [-0.15, -0.1) is 0 Å². The molecule has 5 nitrogen and oxygen atoms in total. The number of hydrogen-bond acceptors (Lipinski definition) is 3. The SMILES string of the molecule is COc1ccc2c(c1)CCCC2CNC(=O)[C@@H]1CCCN1C(C)=O. The number of amides is 2. The van der Waals surface area contributed by atoms with E-state index < -0.39 is 0 Å². The van der Waals surface area contributed by atoms with Crippen LogP contribution in [0.4, 0.5) is 0 Å². The van der Waals surface area contributed by atoms with Gasteiger partial charge in [0.15, 0.2) is 0 Å². The average Bonchev–Trinajstić information content (AvgIpc) is 3.09. The van der Waals surface area contributed by atoms with Gasteiger partial charge in [-0.3, -0.25) is 9.59 Å². The minimum atomic E-state index is -0.290. The summed E-state index contributed by atoms with van der Waals surface area (Å²) in [5.41, 5.74) is 2.64. The lowest BCUT2D eigenvalue weighted by Gasteiger charge is -2.28. The van der Waals surface area contributed by atoms with Crippen molar-refractivity contribution >= 4 is 11.8 Å². The summed E-state index contributed by atoms with van der Waals surface area (Å²) < 4.78 is 5.31.